The summed E-state index contributed by atoms with van der Waals surface area (Å²) in [4.78, 5) is 38.0. The summed E-state index contributed by atoms with van der Waals surface area (Å²) >= 11 is 0. The second-order valence-corrected chi connectivity index (χ2v) is 20.6. The van der Waals surface area contributed by atoms with Crippen LogP contribution in [0.4, 0.5) is 0 Å². The van der Waals surface area contributed by atoms with Gasteiger partial charge in [0.1, 0.15) is 13.2 Å². The van der Waals surface area contributed by atoms with Crippen LogP contribution in [0, 0.1) is 17.8 Å². The molecule has 0 aromatic heterocycles. The Morgan fingerprint density at radius 1 is 0.274 bits per heavy atom. The van der Waals surface area contributed by atoms with Gasteiger partial charge in [-0.3, -0.25) is 14.4 Å². The van der Waals surface area contributed by atoms with E-state index in [0.717, 1.165) is 75.5 Å². The molecule has 0 aromatic rings. The minimum Gasteiger partial charge on any atom is -0.462 e. The maximum absolute atomic E-state index is 12.8. The molecule has 0 fully saturated rings. The number of rotatable bonds is 49. The van der Waals surface area contributed by atoms with Crippen LogP contribution in [-0.4, -0.2) is 37.2 Å². The second-order valence-electron chi connectivity index (χ2n) is 20.6. The van der Waals surface area contributed by atoms with E-state index in [0.29, 0.717) is 19.3 Å². The van der Waals surface area contributed by atoms with Gasteiger partial charge in [0, 0.05) is 19.3 Å². The van der Waals surface area contributed by atoms with Crippen molar-refractivity contribution < 1.29 is 28.6 Å². The summed E-state index contributed by atoms with van der Waals surface area (Å²) in [5.74, 6) is 1.62. The molecular formula is C56H108O6. The van der Waals surface area contributed by atoms with E-state index in [9.17, 15) is 14.4 Å². The van der Waals surface area contributed by atoms with Crippen LogP contribution in [0.3, 0.4) is 0 Å². The lowest BCUT2D eigenvalue weighted by Gasteiger charge is -2.18. The zero-order valence-corrected chi connectivity index (χ0v) is 42.7. The number of carbonyl (C=O) groups is 3. The predicted molar refractivity (Wildman–Crippen MR) is 266 cm³/mol. The fourth-order valence-electron chi connectivity index (χ4n) is 8.47. The molecule has 62 heavy (non-hydrogen) atoms. The SMILES string of the molecule is CC(C)CCCCCCCCCCCCCCCCCC(=O)OC[C@H](COC(=O)CCCCCCCCCCCCCCCC(C)C)OC(=O)CCCCCCCCCC(C)C. The van der Waals surface area contributed by atoms with Gasteiger partial charge in [0.05, 0.1) is 0 Å². The smallest absolute Gasteiger partial charge is 0.306 e. The van der Waals surface area contributed by atoms with E-state index in [1.165, 1.54) is 186 Å². The van der Waals surface area contributed by atoms with Gasteiger partial charge in [-0.2, -0.15) is 0 Å². The lowest BCUT2D eigenvalue weighted by Crippen LogP contribution is -2.30. The second kappa shape index (κ2) is 47.4. The van der Waals surface area contributed by atoms with Crippen LogP contribution in [0.2, 0.25) is 0 Å². The van der Waals surface area contributed by atoms with E-state index in [1.807, 2.05) is 0 Å². The summed E-state index contributed by atoms with van der Waals surface area (Å²) in [7, 11) is 0. The Hall–Kier alpha value is -1.59. The van der Waals surface area contributed by atoms with E-state index in [2.05, 4.69) is 41.5 Å². The number of esters is 3. The first-order valence-corrected chi connectivity index (χ1v) is 27.6. The first kappa shape index (κ1) is 60.4. The van der Waals surface area contributed by atoms with E-state index in [4.69, 9.17) is 14.2 Å². The Kier molecular flexibility index (Phi) is 46.2. The lowest BCUT2D eigenvalue weighted by molar-refractivity contribution is -0.167. The van der Waals surface area contributed by atoms with Gasteiger partial charge >= 0.3 is 17.9 Å². The molecule has 0 amide bonds. The van der Waals surface area contributed by atoms with Crippen molar-refractivity contribution in [3.8, 4) is 0 Å². The molecule has 0 spiro atoms. The minimum atomic E-state index is -0.763. The number of hydrogen-bond donors (Lipinski definition) is 0. The van der Waals surface area contributed by atoms with Crippen molar-refractivity contribution in [1.29, 1.82) is 0 Å². The standard InChI is InChI=1S/C56H108O6/c1-50(2)42-36-30-24-19-15-11-8-7-9-13-17-21-27-33-39-45-54(57)60-48-53(62-56(59)47-41-35-29-23-26-32-38-44-52(5)6)49-61-55(58)46-40-34-28-22-18-14-10-12-16-20-25-31-37-43-51(3)4/h50-53H,7-49H2,1-6H3/t53-/m1/s1. The van der Waals surface area contributed by atoms with Crippen molar-refractivity contribution in [3.63, 3.8) is 0 Å². The summed E-state index contributed by atoms with van der Waals surface area (Å²) in [5, 5.41) is 0. The summed E-state index contributed by atoms with van der Waals surface area (Å²) in [5.41, 5.74) is 0. The number of unbranched alkanes of at least 4 members (excludes halogenated alkanes) is 32. The highest BCUT2D eigenvalue weighted by molar-refractivity contribution is 5.71. The molecule has 0 aliphatic carbocycles. The fraction of sp³-hybridized carbons (Fsp3) is 0.946. The van der Waals surface area contributed by atoms with Crippen molar-refractivity contribution in [2.45, 2.75) is 311 Å². The summed E-state index contributed by atoms with van der Waals surface area (Å²) in [6, 6.07) is 0. The Morgan fingerprint density at radius 2 is 0.468 bits per heavy atom. The Labute approximate surface area is 387 Å². The van der Waals surface area contributed by atoms with Crippen molar-refractivity contribution in [2.75, 3.05) is 13.2 Å². The molecule has 0 aliphatic heterocycles. The lowest BCUT2D eigenvalue weighted by atomic mass is 10.0. The predicted octanol–water partition coefficient (Wildman–Crippen LogP) is 17.9. The van der Waals surface area contributed by atoms with Crippen LogP contribution < -0.4 is 0 Å². The number of ether oxygens (including phenoxy) is 3. The summed E-state index contributed by atoms with van der Waals surface area (Å²) in [6.45, 7) is 13.7. The van der Waals surface area contributed by atoms with Crippen molar-refractivity contribution in [2.24, 2.45) is 17.8 Å². The molecule has 6 heteroatoms. The largest absolute Gasteiger partial charge is 0.462 e. The molecule has 0 radical (unpaired) electrons. The van der Waals surface area contributed by atoms with Crippen molar-refractivity contribution in [1.82, 2.24) is 0 Å². The molecule has 0 aromatic carbocycles. The van der Waals surface area contributed by atoms with E-state index >= 15 is 0 Å². The van der Waals surface area contributed by atoms with Crippen molar-refractivity contribution in [3.05, 3.63) is 0 Å². The number of carbonyl (C=O) groups excluding carboxylic acids is 3. The summed E-state index contributed by atoms with van der Waals surface area (Å²) in [6.07, 6.45) is 48.2. The molecule has 0 rings (SSSR count). The molecule has 1 atom stereocenters. The maximum atomic E-state index is 12.8. The first-order chi connectivity index (χ1) is 30.1. The van der Waals surface area contributed by atoms with Gasteiger partial charge in [-0.1, -0.05) is 266 Å². The third kappa shape index (κ3) is 49.4. The van der Waals surface area contributed by atoms with Crippen LogP contribution in [0.25, 0.3) is 0 Å². The Morgan fingerprint density at radius 3 is 0.694 bits per heavy atom. The van der Waals surface area contributed by atoms with Crippen LogP contribution in [-0.2, 0) is 28.6 Å². The van der Waals surface area contributed by atoms with Gasteiger partial charge in [0.15, 0.2) is 6.10 Å². The zero-order valence-electron chi connectivity index (χ0n) is 42.7. The third-order valence-electron chi connectivity index (χ3n) is 12.6. The van der Waals surface area contributed by atoms with Crippen LogP contribution in [0.15, 0.2) is 0 Å². The molecule has 0 bridgehead atoms. The monoisotopic (exact) mass is 877 g/mol. The van der Waals surface area contributed by atoms with Gasteiger partial charge in [0.2, 0.25) is 0 Å². The average Bonchev–Trinajstić information content (AvgIpc) is 3.23. The molecule has 0 saturated carbocycles. The molecule has 0 heterocycles. The Balaban J connectivity index is 4.24. The molecule has 368 valence electrons. The van der Waals surface area contributed by atoms with Gasteiger partial charge in [-0.25, -0.2) is 0 Å². The molecule has 0 unspecified atom stereocenters. The van der Waals surface area contributed by atoms with Crippen LogP contribution >= 0.6 is 0 Å². The first-order valence-electron chi connectivity index (χ1n) is 27.6. The van der Waals surface area contributed by atoms with Gasteiger partial charge in [-0.15, -0.1) is 0 Å². The molecule has 0 N–H and O–H groups in total. The highest BCUT2D eigenvalue weighted by Crippen LogP contribution is 2.18. The minimum absolute atomic E-state index is 0.0647. The topological polar surface area (TPSA) is 78.9 Å². The number of hydrogen-bond acceptors (Lipinski definition) is 6. The Bertz CT molecular complexity index is 960. The van der Waals surface area contributed by atoms with E-state index < -0.39 is 6.10 Å². The van der Waals surface area contributed by atoms with Gasteiger partial charge < -0.3 is 14.2 Å². The quantitative estimate of drug-likeness (QED) is 0.0344. The highest BCUT2D eigenvalue weighted by atomic mass is 16.6. The van der Waals surface area contributed by atoms with Crippen molar-refractivity contribution >= 4 is 17.9 Å². The summed E-state index contributed by atoms with van der Waals surface area (Å²) < 4.78 is 16.8. The van der Waals surface area contributed by atoms with E-state index in [-0.39, 0.29) is 31.1 Å². The molecule has 0 saturated heterocycles. The third-order valence-corrected chi connectivity index (χ3v) is 12.6. The normalized spacial score (nSPS) is 12.1. The van der Waals surface area contributed by atoms with Gasteiger partial charge in [0.25, 0.3) is 0 Å². The van der Waals surface area contributed by atoms with Crippen LogP contribution in [0.1, 0.15) is 305 Å². The zero-order chi connectivity index (χ0) is 45.6. The molecule has 0 aliphatic rings. The van der Waals surface area contributed by atoms with Crippen LogP contribution in [0.5, 0.6) is 0 Å². The van der Waals surface area contributed by atoms with E-state index in [1.54, 1.807) is 0 Å². The molecule has 6 nitrogen and oxygen atoms in total. The molecular weight excluding hydrogens is 769 g/mol. The van der Waals surface area contributed by atoms with Gasteiger partial charge in [-0.05, 0) is 37.0 Å². The highest BCUT2D eigenvalue weighted by Gasteiger charge is 2.19. The maximum Gasteiger partial charge on any atom is 0.306 e. The average molecular weight is 877 g/mol. The fourth-order valence-corrected chi connectivity index (χ4v) is 8.47.